The van der Waals surface area contributed by atoms with Crippen LogP contribution in [0.5, 0.6) is 0 Å². The largest absolute Gasteiger partial charge is 0.353 e. The minimum absolute atomic E-state index is 0.153. The molecule has 5 heteroatoms. The molecular formula is C14H25N3OS. The molecule has 1 aromatic heterocycles. The van der Waals surface area contributed by atoms with Gasteiger partial charge in [0.1, 0.15) is 0 Å². The molecule has 108 valence electrons. The second-order valence-corrected chi connectivity index (χ2v) is 7.45. The Morgan fingerprint density at radius 2 is 2.16 bits per heavy atom. The summed E-state index contributed by atoms with van der Waals surface area (Å²) in [6.45, 7) is 4.80. The van der Waals surface area contributed by atoms with Crippen molar-refractivity contribution in [3.63, 3.8) is 0 Å². The maximum Gasteiger partial charge on any atom is 0.203 e. The van der Waals surface area contributed by atoms with Gasteiger partial charge in [-0.2, -0.15) is 0 Å². The predicted octanol–water partition coefficient (Wildman–Crippen LogP) is 2.70. The second kappa shape index (κ2) is 6.55. The lowest BCUT2D eigenvalue weighted by Gasteiger charge is -2.24. The maximum absolute atomic E-state index is 11.5. The predicted molar refractivity (Wildman–Crippen MR) is 81.0 cm³/mol. The molecule has 1 saturated carbocycles. The fourth-order valence-corrected chi connectivity index (χ4v) is 2.98. The molecule has 1 aliphatic rings. The van der Waals surface area contributed by atoms with Gasteiger partial charge in [-0.15, -0.1) is 0 Å². The fourth-order valence-electron chi connectivity index (χ4n) is 2.61. The zero-order valence-electron chi connectivity index (χ0n) is 12.2. The molecule has 0 radical (unpaired) electrons. The van der Waals surface area contributed by atoms with Crippen LogP contribution in [0.2, 0.25) is 0 Å². The zero-order valence-corrected chi connectivity index (χ0v) is 13.0. The third-order valence-corrected chi connectivity index (χ3v) is 5.14. The average Bonchev–Trinajstić information content (AvgIpc) is 2.70. The highest BCUT2D eigenvalue weighted by atomic mass is 32.2. The minimum Gasteiger partial charge on any atom is -0.353 e. The van der Waals surface area contributed by atoms with Crippen molar-refractivity contribution in [1.29, 1.82) is 0 Å². The van der Waals surface area contributed by atoms with E-state index in [2.05, 4.69) is 21.1 Å². The summed E-state index contributed by atoms with van der Waals surface area (Å²) < 4.78 is 13.6. The standard InChI is InChI=1S/C14H25N3OS/c1-11-9-17(10-12(2)19(3)18)14(15-11)16-13-7-5-4-6-8-13/h9,12-13H,4-8,10H2,1-3H3,(H,15,16). The average molecular weight is 283 g/mol. The first-order chi connectivity index (χ1) is 9.06. The van der Waals surface area contributed by atoms with Crippen LogP contribution in [0.4, 0.5) is 5.95 Å². The molecule has 2 rings (SSSR count). The molecule has 0 aliphatic heterocycles. The minimum atomic E-state index is -0.793. The molecule has 1 heterocycles. The van der Waals surface area contributed by atoms with Gasteiger partial charge in [-0.05, 0) is 26.7 Å². The molecule has 1 N–H and O–H groups in total. The van der Waals surface area contributed by atoms with Crippen LogP contribution >= 0.6 is 0 Å². The number of nitrogens with zero attached hydrogens (tertiary/aromatic N) is 2. The summed E-state index contributed by atoms with van der Waals surface area (Å²) in [5.74, 6) is 0.946. The van der Waals surface area contributed by atoms with Crippen molar-refractivity contribution in [2.75, 3.05) is 11.6 Å². The lowest BCUT2D eigenvalue weighted by atomic mass is 9.96. The van der Waals surface area contributed by atoms with Crippen molar-refractivity contribution in [3.8, 4) is 0 Å². The Morgan fingerprint density at radius 3 is 2.79 bits per heavy atom. The highest BCUT2D eigenvalue weighted by Gasteiger charge is 2.17. The number of aromatic nitrogens is 2. The molecule has 0 aromatic carbocycles. The van der Waals surface area contributed by atoms with Crippen LogP contribution in [-0.2, 0) is 17.3 Å². The van der Waals surface area contributed by atoms with E-state index in [4.69, 9.17) is 0 Å². The molecule has 1 aromatic rings. The van der Waals surface area contributed by atoms with Gasteiger partial charge in [-0.1, -0.05) is 19.3 Å². The van der Waals surface area contributed by atoms with Crippen LogP contribution in [0.3, 0.4) is 0 Å². The summed E-state index contributed by atoms with van der Waals surface area (Å²) in [5.41, 5.74) is 1.02. The van der Waals surface area contributed by atoms with Gasteiger partial charge in [0.2, 0.25) is 5.95 Å². The van der Waals surface area contributed by atoms with Crippen molar-refractivity contribution in [2.24, 2.45) is 0 Å². The van der Waals surface area contributed by atoms with Gasteiger partial charge in [-0.25, -0.2) is 4.98 Å². The molecular weight excluding hydrogens is 258 g/mol. The van der Waals surface area contributed by atoms with Crippen LogP contribution in [0, 0.1) is 6.92 Å². The monoisotopic (exact) mass is 283 g/mol. The number of imidazole rings is 1. The Morgan fingerprint density at radius 1 is 1.47 bits per heavy atom. The van der Waals surface area contributed by atoms with Gasteiger partial charge >= 0.3 is 0 Å². The van der Waals surface area contributed by atoms with E-state index in [1.54, 1.807) is 6.26 Å². The number of hydrogen-bond donors (Lipinski definition) is 1. The topological polar surface area (TPSA) is 46.9 Å². The Kier molecular flexibility index (Phi) is 5.02. The first-order valence-corrected chi connectivity index (χ1v) is 8.81. The zero-order chi connectivity index (χ0) is 13.8. The molecule has 0 saturated heterocycles. The van der Waals surface area contributed by atoms with Gasteiger partial charge in [0.25, 0.3) is 0 Å². The summed E-state index contributed by atoms with van der Waals surface area (Å²) in [6.07, 6.45) is 10.3. The molecule has 2 atom stereocenters. The van der Waals surface area contributed by atoms with Crippen LogP contribution < -0.4 is 5.32 Å². The molecule has 19 heavy (non-hydrogen) atoms. The number of hydrogen-bond acceptors (Lipinski definition) is 3. The Bertz CT molecular complexity index is 438. The third kappa shape index (κ3) is 4.06. The number of rotatable bonds is 5. The van der Waals surface area contributed by atoms with Crippen LogP contribution in [0.25, 0.3) is 0 Å². The van der Waals surface area contributed by atoms with Crippen molar-refractivity contribution >= 4 is 16.7 Å². The van der Waals surface area contributed by atoms with Crippen LogP contribution in [0.15, 0.2) is 6.20 Å². The van der Waals surface area contributed by atoms with E-state index in [0.29, 0.717) is 6.04 Å². The Hall–Kier alpha value is -0.840. The van der Waals surface area contributed by atoms with E-state index in [0.717, 1.165) is 18.2 Å². The maximum atomic E-state index is 11.5. The van der Waals surface area contributed by atoms with Crippen molar-refractivity contribution in [1.82, 2.24) is 9.55 Å². The highest BCUT2D eigenvalue weighted by Crippen LogP contribution is 2.21. The lowest BCUT2D eigenvalue weighted by molar-refractivity contribution is 0.458. The molecule has 2 unspecified atom stereocenters. The molecule has 1 aliphatic carbocycles. The quantitative estimate of drug-likeness (QED) is 0.904. The van der Waals surface area contributed by atoms with Gasteiger partial charge in [0.15, 0.2) is 0 Å². The Balaban J connectivity index is 2.04. The molecule has 0 amide bonds. The van der Waals surface area contributed by atoms with Gasteiger partial charge in [0.05, 0.1) is 5.69 Å². The van der Waals surface area contributed by atoms with Gasteiger partial charge in [-0.3, -0.25) is 4.21 Å². The SMILES string of the molecule is Cc1cn(CC(C)S(C)=O)c(NC2CCCCC2)n1. The van der Waals surface area contributed by atoms with Crippen molar-refractivity contribution in [3.05, 3.63) is 11.9 Å². The smallest absolute Gasteiger partial charge is 0.203 e. The normalized spacial score (nSPS) is 20.2. The fraction of sp³-hybridized carbons (Fsp3) is 0.786. The van der Waals surface area contributed by atoms with E-state index < -0.39 is 10.8 Å². The van der Waals surface area contributed by atoms with Crippen LogP contribution in [0.1, 0.15) is 44.7 Å². The van der Waals surface area contributed by atoms with E-state index in [1.807, 2.05) is 13.8 Å². The Labute approximate surface area is 118 Å². The van der Waals surface area contributed by atoms with Crippen LogP contribution in [-0.4, -0.2) is 31.3 Å². The van der Waals surface area contributed by atoms with E-state index in [-0.39, 0.29) is 5.25 Å². The number of aryl methyl sites for hydroxylation is 1. The molecule has 4 nitrogen and oxygen atoms in total. The van der Waals surface area contributed by atoms with Gasteiger partial charge < -0.3 is 9.88 Å². The summed E-state index contributed by atoms with van der Waals surface area (Å²) in [7, 11) is -0.793. The number of anilines is 1. The van der Waals surface area contributed by atoms with Crippen molar-refractivity contribution in [2.45, 2.75) is 63.8 Å². The van der Waals surface area contributed by atoms with Gasteiger partial charge in [0, 0.05) is 41.1 Å². The molecule has 1 fully saturated rings. The molecule has 0 spiro atoms. The highest BCUT2D eigenvalue weighted by molar-refractivity contribution is 7.84. The van der Waals surface area contributed by atoms with E-state index in [1.165, 1.54) is 32.1 Å². The summed E-state index contributed by atoms with van der Waals surface area (Å²) >= 11 is 0. The van der Waals surface area contributed by atoms with Crippen molar-refractivity contribution < 1.29 is 4.21 Å². The summed E-state index contributed by atoms with van der Waals surface area (Å²) in [4.78, 5) is 4.57. The first-order valence-electron chi connectivity index (χ1n) is 7.19. The third-order valence-electron chi connectivity index (χ3n) is 3.86. The summed E-state index contributed by atoms with van der Waals surface area (Å²) in [6, 6.07) is 0.553. The molecule has 0 bridgehead atoms. The first kappa shape index (κ1) is 14.6. The van der Waals surface area contributed by atoms with E-state index in [9.17, 15) is 4.21 Å². The summed E-state index contributed by atoms with van der Waals surface area (Å²) in [5, 5.41) is 3.72. The van der Waals surface area contributed by atoms with E-state index >= 15 is 0 Å². The lowest BCUT2D eigenvalue weighted by Crippen LogP contribution is -2.26. The number of nitrogens with one attached hydrogen (secondary N) is 1. The second-order valence-electron chi connectivity index (χ2n) is 5.65.